The van der Waals surface area contributed by atoms with Crippen molar-refractivity contribution in [1.29, 1.82) is 0 Å². The molecule has 0 aliphatic carbocycles. The first kappa shape index (κ1) is 17.2. The van der Waals surface area contributed by atoms with E-state index in [-0.39, 0.29) is 17.4 Å². The van der Waals surface area contributed by atoms with Gasteiger partial charge in [0.25, 0.3) is 5.91 Å². The minimum Gasteiger partial charge on any atom is -0.349 e. The molecule has 1 atom stereocenters. The number of carbonyl (C=O) groups excluding carboxylic acids is 1. The first-order valence-corrected chi connectivity index (χ1v) is 8.35. The third-order valence-electron chi connectivity index (χ3n) is 3.55. The standard InChI is InChI=1S/C17H26BrNO/c1-12(2)15(10-11-18)19-16(20)13-6-8-14(9-7-13)17(3,4)5/h6-9,12,15H,10-11H2,1-5H3,(H,19,20). The summed E-state index contributed by atoms with van der Waals surface area (Å²) in [5, 5.41) is 4.02. The number of benzene rings is 1. The Morgan fingerprint density at radius 1 is 1.20 bits per heavy atom. The van der Waals surface area contributed by atoms with Gasteiger partial charge in [-0.25, -0.2) is 0 Å². The first-order valence-electron chi connectivity index (χ1n) is 7.23. The van der Waals surface area contributed by atoms with E-state index in [1.807, 2.05) is 24.3 Å². The smallest absolute Gasteiger partial charge is 0.251 e. The maximum absolute atomic E-state index is 12.3. The Hall–Kier alpha value is -0.830. The SMILES string of the molecule is CC(C)C(CCBr)NC(=O)c1ccc(C(C)(C)C)cc1. The molecule has 0 aliphatic rings. The summed E-state index contributed by atoms with van der Waals surface area (Å²) in [6.07, 6.45) is 0.948. The van der Waals surface area contributed by atoms with Crippen molar-refractivity contribution in [3.63, 3.8) is 0 Å². The molecular weight excluding hydrogens is 314 g/mol. The summed E-state index contributed by atoms with van der Waals surface area (Å²) in [6.45, 7) is 10.8. The van der Waals surface area contributed by atoms with Crippen LogP contribution in [0, 0.1) is 5.92 Å². The molecule has 1 aromatic carbocycles. The highest BCUT2D eigenvalue weighted by molar-refractivity contribution is 9.09. The van der Waals surface area contributed by atoms with Gasteiger partial charge in [-0.15, -0.1) is 0 Å². The van der Waals surface area contributed by atoms with Crippen LogP contribution >= 0.6 is 15.9 Å². The molecule has 112 valence electrons. The highest BCUT2D eigenvalue weighted by Gasteiger charge is 2.18. The van der Waals surface area contributed by atoms with Crippen LogP contribution in [-0.2, 0) is 5.41 Å². The summed E-state index contributed by atoms with van der Waals surface area (Å²) in [6, 6.07) is 8.14. The van der Waals surface area contributed by atoms with E-state index in [4.69, 9.17) is 0 Å². The van der Waals surface area contributed by atoms with Gasteiger partial charge in [0.15, 0.2) is 0 Å². The summed E-state index contributed by atoms with van der Waals surface area (Å²) >= 11 is 3.44. The highest BCUT2D eigenvalue weighted by Crippen LogP contribution is 2.22. The van der Waals surface area contributed by atoms with Crippen molar-refractivity contribution in [2.45, 2.75) is 52.5 Å². The van der Waals surface area contributed by atoms with Crippen LogP contribution in [0.2, 0.25) is 0 Å². The van der Waals surface area contributed by atoms with E-state index in [1.165, 1.54) is 5.56 Å². The van der Waals surface area contributed by atoms with Gasteiger partial charge < -0.3 is 5.32 Å². The highest BCUT2D eigenvalue weighted by atomic mass is 79.9. The van der Waals surface area contributed by atoms with Crippen molar-refractivity contribution >= 4 is 21.8 Å². The van der Waals surface area contributed by atoms with E-state index < -0.39 is 0 Å². The van der Waals surface area contributed by atoms with Gasteiger partial charge in [-0.2, -0.15) is 0 Å². The number of nitrogens with one attached hydrogen (secondary N) is 1. The molecule has 1 amide bonds. The van der Waals surface area contributed by atoms with Crippen LogP contribution < -0.4 is 5.32 Å². The fourth-order valence-corrected chi connectivity index (χ4v) is 2.56. The van der Waals surface area contributed by atoms with Gasteiger partial charge in [0.2, 0.25) is 0 Å². The van der Waals surface area contributed by atoms with Gasteiger partial charge >= 0.3 is 0 Å². The molecule has 0 spiro atoms. The van der Waals surface area contributed by atoms with E-state index in [9.17, 15) is 4.79 Å². The van der Waals surface area contributed by atoms with Crippen LogP contribution in [0.1, 0.15) is 57.0 Å². The van der Waals surface area contributed by atoms with Crippen molar-refractivity contribution in [3.05, 3.63) is 35.4 Å². The first-order chi connectivity index (χ1) is 9.25. The van der Waals surface area contributed by atoms with E-state index in [0.717, 1.165) is 17.3 Å². The molecule has 1 rings (SSSR count). The number of alkyl halides is 1. The summed E-state index contributed by atoms with van der Waals surface area (Å²) in [7, 11) is 0. The molecule has 0 aromatic heterocycles. The van der Waals surface area contributed by atoms with Crippen LogP contribution in [0.15, 0.2) is 24.3 Å². The second kappa shape index (κ2) is 7.26. The molecule has 1 N–H and O–H groups in total. The van der Waals surface area contributed by atoms with Crippen molar-refractivity contribution in [3.8, 4) is 0 Å². The van der Waals surface area contributed by atoms with Crippen molar-refractivity contribution < 1.29 is 4.79 Å². The van der Waals surface area contributed by atoms with Crippen molar-refractivity contribution in [2.75, 3.05) is 5.33 Å². The number of hydrogen-bond donors (Lipinski definition) is 1. The summed E-state index contributed by atoms with van der Waals surface area (Å²) in [5.74, 6) is 0.454. The molecule has 1 unspecified atom stereocenters. The Balaban J connectivity index is 2.77. The molecule has 1 aromatic rings. The lowest BCUT2D eigenvalue weighted by atomic mass is 9.86. The molecule has 0 radical (unpaired) electrons. The normalized spacial score (nSPS) is 13.3. The lowest BCUT2D eigenvalue weighted by molar-refractivity contribution is 0.0925. The van der Waals surface area contributed by atoms with Gasteiger partial charge in [0.05, 0.1) is 0 Å². The van der Waals surface area contributed by atoms with E-state index in [2.05, 4.69) is 55.9 Å². The van der Waals surface area contributed by atoms with E-state index in [1.54, 1.807) is 0 Å². The van der Waals surface area contributed by atoms with Crippen molar-refractivity contribution in [1.82, 2.24) is 5.32 Å². The Morgan fingerprint density at radius 3 is 2.15 bits per heavy atom. The molecule has 0 saturated carbocycles. The van der Waals surface area contributed by atoms with Gasteiger partial charge in [0.1, 0.15) is 0 Å². The number of amides is 1. The zero-order chi connectivity index (χ0) is 15.3. The molecule has 20 heavy (non-hydrogen) atoms. The molecule has 0 saturated heterocycles. The largest absolute Gasteiger partial charge is 0.349 e. The Kier molecular flexibility index (Phi) is 6.25. The topological polar surface area (TPSA) is 29.1 Å². The lowest BCUT2D eigenvalue weighted by Crippen LogP contribution is -2.38. The molecule has 0 aliphatic heterocycles. The zero-order valence-electron chi connectivity index (χ0n) is 13.2. The van der Waals surface area contributed by atoms with E-state index in [0.29, 0.717) is 5.92 Å². The zero-order valence-corrected chi connectivity index (χ0v) is 14.8. The Bertz CT molecular complexity index is 431. The van der Waals surface area contributed by atoms with Gasteiger partial charge in [-0.05, 0) is 35.4 Å². The van der Waals surface area contributed by atoms with E-state index >= 15 is 0 Å². The van der Waals surface area contributed by atoms with Gasteiger partial charge in [0, 0.05) is 16.9 Å². The number of hydrogen-bond acceptors (Lipinski definition) is 1. The minimum absolute atomic E-state index is 0.0186. The monoisotopic (exact) mass is 339 g/mol. The molecule has 3 heteroatoms. The summed E-state index contributed by atoms with van der Waals surface area (Å²) < 4.78 is 0. The number of halogens is 1. The van der Waals surface area contributed by atoms with Crippen LogP contribution in [-0.4, -0.2) is 17.3 Å². The average Bonchev–Trinajstić information content (AvgIpc) is 2.37. The maximum atomic E-state index is 12.3. The molecule has 0 bridgehead atoms. The fourth-order valence-electron chi connectivity index (χ4n) is 2.06. The fraction of sp³-hybridized carbons (Fsp3) is 0.588. The Morgan fingerprint density at radius 2 is 1.75 bits per heavy atom. The van der Waals surface area contributed by atoms with Crippen LogP contribution in [0.4, 0.5) is 0 Å². The van der Waals surface area contributed by atoms with Crippen LogP contribution in [0.25, 0.3) is 0 Å². The third kappa shape index (κ3) is 4.93. The molecule has 2 nitrogen and oxygen atoms in total. The summed E-state index contributed by atoms with van der Waals surface area (Å²) in [4.78, 5) is 12.3. The quantitative estimate of drug-likeness (QED) is 0.785. The van der Waals surface area contributed by atoms with Crippen LogP contribution in [0.3, 0.4) is 0 Å². The third-order valence-corrected chi connectivity index (χ3v) is 4.01. The van der Waals surface area contributed by atoms with Crippen LogP contribution in [0.5, 0.6) is 0 Å². The minimum atomic E-state index is 0.0186. The predicted octanol–water partition coefficient (Wildman–Crippen LogP) is 4.52. The summed E-state index contributed by atoms with van der Waals surface area (Å²) in [5.41, 5.74) is 2.10. The number of rotatable bonds is 5. The predicted molar refractivity (Wildman–Crippen MR) is 89.6 cm³/mol. The maximum Gasteiger partial charge on any atom is 0.251 e. The molecule has 0 fully saturated rings. The molecule has 0 heterocycles. The van der Waals surface area contributed by atoms with Crippen molar-refractivity contribution in [2.24, 2.45) is 5.92 Å². The second-order valence-corrected chi connectivity index (χ2v) is 7.42. The lowest BCUT2D eigenvalue weighted by Gasteiger charge is -2.22. The van der Waals surface area contributed by atoms with Gasteiger partial charge in [-0.3, -0.25) is 4.79 Å². The van der Waals surface area contributed by atoms with Gasteiger partial charge in [-0.1, -0.05) is 62.7 Å². The second-order valence-electron chi connectivity index (χ2n) is 6.63. The molecular formula is C17H26BrNO. The Labute approximate surface area is 131 Å². The number of carbonyl (C=O) groups is 1. The average molecular weight is 340 g/mol.